The highest BCUT2D eigenvalue weighted by Crippen LogP contribution is 2.22. The molecule has 23 heavy (non-hydrogen) atoms. The Morgan fingerprint density at radius 1 is 1.04 bits per heavy atom. The van der Waals surface area contributed by atoms with Crippen molar-refractivity contribution in [2.24, 2.45) is 0 Å². The molecule has 1 heterocycles. The number of benzene rings is 2. The maximum absolute atomic E-state index is 11.4. The van der Waals surface area contributed by atoms with E-state index in [0.29, 0.717) is 17.1 Å². The van der Waals surface area contributed by atoms with E-state index >= 15 is 0 Å². The van der Waals surface area contributed by atoms with Gasteiger partial charge in [0.05, 0.1) is 0 Å². The highest BCUT2D eigenvalue weighted by Gasteiger charge is 2.03. The summed E-state index contributed by atoms with van der Waals surface area (Å²) in [5, 5.41) is 10.2. The standard InChI is InChI=1S/C19H16N2O2/c1-13-11-19(23)21-18(20-13)12-17(22)16-9-7-15(8-10-16)14-5-3-2-4-6-14/h2-12,22H,1H3,(H,20,21,23)/b17-12-. The summed E-state index contributed by atoms with van der Waals surface area (Å²) in [6, 6.07) is 19.0. The van der Waals surface area contributed by atoms with Crippen molar-refractivity contribution in [3.63, 3.8) is 0 Å². The molecule has 0 aliphatic rings. The van der Waals surface area contributed by atoms with Gasteiger partial charge in [-0.1, -0.05) is 54.6 Å². The van der Waals surface area contributed by atoms with Crippen molar-refractivity contribution >= 4 is 11.8 Å². The Bertz CT molecular complexity index is 895. The van der Waals surface area contributed by atoms with Gasteiger partial charge < -0.3 is 10.1 Å². The minimum Gasteiger partial charge on any atom is -0.507 e. The van der Waals surface area contributed by atoms with Gasteiger partial charge in [0.25, 0.3) is 5.56 Å². The number of hydrogen-bond donors (Lipinski definition) is 2. The number of aromatic nitrogens is 2. The lowest BCUT2D eigenvalue weighted by Gasteiger charge is -2.04. The highest BCUT2D eigenvalue weighted by atomic mass is 16.3. The van der Waals surface area contributed by atoms with Crippen molar-refractivity contribution in [2.75, 3.05) is 0 Å². The number of aliphatic hydroxyl groups is 1. The van der Waals surface area contributed by atoms with E-state index in [0.717, 1.165) is 11.1 Å². The van der Waals surface area contributed by atoms with E-state index in [2.05, 4.69) is 9.97 Å². The van der Waals surface area contributed by atoms with E-state index in [4.69, 9.17) is 0 Å². The van der Waals surface area contributed by atoms with Crippen LogP contribution >= 0.6 is 0 Å². The number of hydrogen-bond acceptors (Lipinski definition) is 3. The number of nitrogens with one attached hydrogen (secondary N) is 1. The molecule has 0 unspecified atom stereocenters. The second-order valence-electron chi connectivity index (χ2n) is 5.24. The SMILES string of the molecule is Cc1cc(=O)[nH]c(/C=C(\O)c2ccc(-c3ccccc3)cc2)n1. The molecule has 0 bridgehead atoms. The molecule has 2 aromatic carbocycles. The summed E-state index contributed by atoms with van der Waals surface area (Å²) in [7, 11) is 0. The Kier molecular flexibility index (Phi) is 4.06. The Hall–Kier alpha value is -3.14. The summed E-state index contributed by atoms with van der Waals surface area (Å²) in [5.41, 5.74) is 3.22. The summed E-state index contributed by atoms with van der Waals surface area (Å²) >= 11 is 0. The van der Waals surface area contributed by atoms with Crippen molar-refractivity contribution in [1.29, 1.82) is 0 Å². The molecule has 0 amide bonds. The second kappa shape index (κ2) is 6.32. The molecule has 4 heteroatoms. The molecule has 0 fully saturated rings. The van der Waals surface area contributed by atoms with E-state index < -0.39 is 0 Å². The van der Waals surface area contributed by atoms with E-state index in [1.165, 1.54) is 12.1 Å². The van der Waals surface area contributed by atoms with Crippen LogP contribution in [0, 0.1) is 6.92 Å². The van der Waals surface area contributed by atoms with Crippen molar-refractivity contribution in [1.82, 2.24) is 9.97 Å². The summed E-state index contributed by atoms with van der Waals surface area (Å²) in [6.45, 7) is 1.73. The number of aryl methyl sites for hydroxylation is 1. The molecular weight excluding hydrogens is 288 g/mol. The normalized spacial score (nSPS) is 11.4. The summed E-state index contributed by atoms with van der Waals surface area (Å²) < 4.78 is 0. The molecular formula is C19H16N2O2. The molecule has 0 atom stereocenters. The van der Waals surface area contributed by atoms with Crippen LogP contribution in [0.2, 0.25) is 0 Å². The molecule has 0 aliphatic carbocycles. The minimum atomic E-state index is -0.240. The van der Waals surface area contributed by atoms with Gasteiger partial charge in [-0.3, -0.25) is 4.79 Å². The van der Waals surface area contributed by atoms with Crippen LogP contribution in [0.4, 0.5) is 0 Å². The van der Waals surface area contributed by atoms with Gasteiger partial charge in [0.2, 0.25) is 0 Å². The fraction of sp³-hybridized carbons (Fsp3) is 0.0526. The average Bonchev–Trinajstić information content (AvgIpc) is 2.55. The predicted molar refractivity (Wildman–Crippen MR) is 92.0 cm³/mol. The Balaban J connectivity index is 1.89. The van der Waals surface area contributed by atoms with Crippen LogP contribution in [-0.2, 0) is 0 Å². The quantitative estimate of drug-likeness (QED) is 0.723. The lowest BCUT2D eigenvalue weighted by Crippen LogP contribution is -2.08. The van der Waals surface area contributed by atoms with Crippen molar-refractivity contribution < 1.29 is 5.11 Å². The first kappa shape index (κ1) is 14.8. The smallest absolute Gasteiger partial charge is 0.251 e. The highest BCUT2D eigenvalue weighted by molar-refractivity contribution is 5.75. The van der Waals surface area contributed by atoms with Crippen LogP contribution in [0.15, 0.2) is 65.5 Å². The third kappa shape index (κ3) is 3.55. The number of rotatable bonds is 3. The van der Waals surface area contributed by atoms with Crippen LogP contribution in [-0.4, -0.2) is 15.1 Å². The van der Waals surface area contributed by atoms with Gasteiger partial charge in [-0.05, 0) is 18.1 Å². The summed E-state index contributed by atoms with van der Waals surface area (Å²) in [5.74, 6) is 0.387. The fourth-order valence-corrected chi connectivity index (χ4v) is 2.35. The molecule has 1 aromatic heterocycles. The largest absolute Gasteiger partial charge is 0.507 e. The Morgan fingerprint density at radius 2 is 1.70 bits per heavy atom. The molecule has 0 radical (unpaired) electrons. The zero-order chi connectivity index (χ0) is 16.2. The number of aromatic amines is 1. The van der Waals surface area contributed by atoms with E-state index in [9.17, 15) is 9.90 Å². The van der Waals surface area contributed by atoms with Gasteiger partial charge in [-0.2, -0.15) is 0 Å². The lowest BCUT2D eigenvalue weighted by molar-refractivity contribution is 0.515. The first-order valence-corrected chi connectivity index (χ1v) is 7.26. The average molecular weight is 304 g/mol. The van der Waals surface area contributed by atoms with E-state index in [1.807, 2.05) is 54.6 Å². The maximum atomic E-state index is 11.4. The third-order valence-corrected chi connectivity index (χ3v) is 3.45. The predicted octanol–water partition coefficient (Wildman–Crippen LogP) is 3.80. The lowest BCUT2D eigenvalue weighted by atomic mass is 10.0. The maximum Gasteiger partial charge on any atom is 0.251 e. The van der Waals surface area contributed by atoms with Gasteiger partial charge in [0, 0.05) is 23.4 Å². The number of H-pyrrole nitrogens is 1. The molecule has 0 aliphatic heterocycles. The summed E-state index contributed by atoms with van der Waals surface area (Å²) in [4.78, 5) is 18.2. The molecule has 4 nitrogen and oxygen atoms in total. The van der Waals surface area contributed by atoms with Gasteiger partial charge in [-0.25, -0.2) is 4.98 Å². The topological polar surface area (TPSA) is 66.0 Å². The number of nitrogens with zero attached hydrogens (tertiary/aromatic N) is 1. The van der Waals surface area contributed by atoms with Gasteiger partial charge in [-0.15, -0.1) is 0 Å². The van der Waals surface area contributed by atoms with Crippen molar-refractivity contribution in [3.05, 3.63) is 88.1 Å². The Morgan fingerprint density at radius 3 is 2.35 bits per heavy atom. The van der Waals surface area contributed by atoms with Gasteiger partial charge in [0.1, 0.15) is 11.6 Å². The third-order valence-electron chi connectivity index (χ3n) is 3.45. The first-order chi connectivity index (χ1) is 11.1. The van der Waals surface area contributed by atoms with Crippen molar-refractivity contribution in [3.8, 4) is 11.1 Å². The van der Waals surface area contributed by atoms with Crippen LogP contribution in [0.25, 0.3) is 23.0 Å². The van der Waals surface area contributed by atoms with Crippen LogP contribution in [0.1, 0.15) is 17.1 Å². The number of aliphatic hydroxyl groups excluding tert-OH is 1. The molecule has 0 saturated carbocycles. The second-order valence-corrected chi connectivity index (χ2v) is 5.24. The van der Waals surface area contributed by atoms with Gasteiger partial charge in [0.15, 0.2) is 0 Å². The molecule has 3 rings (SSSR count). The first-order valence-electron chi connectivity index (χ1n) is 7.26. The summed E-state index contributed by atoms with van der Waals surface area (Å²) in [6.07, 6.45) is 1.45. The van der Waals surface area contributed by atoms with Gasteiger partial charge >= 0.3 is 0 Å². The van der Waals surface area contributed by atoms with Crippen LogP contribution < -0.4 is 5.56 Å². The zero-order valence-electron chi connectivity index (χ0n) is 12.7. The van der Waals surface area contributed by atoms with E-state index in [1.54, 1.807) is 6.92 Å². The van der Waals surface area contributed by atoms with E-state index in [-0.39, 0.29) is 11.3 Å². The zero-order valence-corrected chi connectivity index (χ0v) is 12.7. The van der Waals surface area contributed by atoms with Crippen molar-refractivity contribution in [2.45, 2.75) is 6.92 Å². The monoisotopic (exact) mass is 304 g/mol. The van der Waals surface area contributed by atoms with Crippen LogP contribution in [0.3, 0.4) is 0 Å². The molecule has 2 N–H and O–H groups in total. The molecule has 0 spiro atoms. The fourth-order valence-electron chi connectivity index (χ4n) is 2.35. The van der Waals surface area contributed by atoms with Crippen LogP contribution in [0.5, 0.6) is 0 Å². The molecule has 3 aromatic rings. The minimum absolute atomic E-state index is 0.0540. The Labute approximate surface area is 133 Å². The molecule has 0 saturated heterocycles. The molecule has 114 valence electrons.